The molecule has 1 aromatic heterocycles. The molecule has 1 N–H and O–H groups in total. The van der Waals surface area contributed by atoms with Crippen LogP contribution in [0.1, 0.15) is 42.5 Å². The van der Waals surface area contributed by atoms with Gasteiger partial charge in [0.2, 0.25) is 0 Å². The van der Waals surface area contributed by atoms with Crippen molar-refractivity contribution in [1.82, 2.24) is 4.98 Å². The van der Waals surface area contributed by atoms with Crippen molar-refractivity contribution in [2.45, 2.75) is 46.3 Å². The molecule has 0 fully saturated rings. The van der Waals surface area contributed by atoms with Gasteiger partial charge in [0.15, 0.2) is 0 Å². The topological polar surface area (TPSA) is 60.5 Å². The molecular weight excluding hydrogens is 503 g/mol. The minimum Gasteiger partial charge on any atom is -0.457 e. The highest BCUT2D eigenvalue weighted by atomic mass is 127. The number of rotatable bonds is 8. The summed E-state index contributed by atoms with van der Waals surface area (Å²) >= 11 is 2.25. The third kappa shape index (κ3) is 7.04. The van der Waals surface area contributed by atoms with Crippen LogP contribution in [0.5, 0.6) is 11.5 Å². The highest BCUT2D eigenvalue weighted by Crippen LogP contribution is 2.25. The number of amides is 1. The van der Waals surface area contributed by atoms with E-state index in [-0.39, 0.29) is 18.1 Å². The number of hydrogen-bond acceptors (Lipinski definition) is 4. The van der Waals surface area contributed by atoms with Crippen LogP contribution in [0, 0.1) is 10.5 Å². The lowest BCUT2D eigenvalue weighted by atomic mass is 10.1. The van der Waals surface area contributed by atoms with Gasteiger partial charge in [0, 0.05) is 27.4 Å². The van der Waals surface area contributed by atoms with Crippen LogP contribution < -0.4 is 10.1 Å². The molecule has 6 heteroatoms. The van der Waals surface area contributed by atoms with Crippen molar-refractivity contribution in [3.05, 3.63) is 81.2 Å². The number of aryl methyl sites for hydroxylation is 1. The van der Waals surface area contributed by atoms with Crippen molar-refractivity contribution < 1.29 is 14.3 Å². The standard InChI is InChI=1S/C25H27IN2O3/c1-16(2)30-17(3)14-21-10-13-24(18(4)27-21)25(29)28-20-6-5-7-23(15-20)31-22-11-8-19(26)9-12-22/h5-13,15-17H,14H2,1-4H3,(H,28,29). The number of anilines is 1. The maximum absolute atomic E-state index is 12.8. The Balaban J connectivity index is 1.66. The van der Waals surface area contributed by atoms with Crippen molar-refractivity contribution in [2.75, 3.05) is 5.32 Å². The second-order valence-corrected chi connectivity index (χ2v) is 8.92. The lowest BCUT2D eigenvalue weighted by molar-refractivity contribution is 0.0190. The van der Waals surface area contributed by atoms with Gasteiger partial charge >= 0.3 is 0 Å². The third-order valence-electron chi connectivity index (χ3n) is 4.53. The maximum Gasteiger partial charge on any atom is 0.257 e. The minimum absolute atomic E-state index is 0.0717. The van der Waals surface area contributed by atoms with E-state index >= 15 is 0 Å². The zero-order chi connectivity index (χ0) is 22.4. The monoisotopic (exact) mass is 530 g/mol. The molecule has 3 aromatic rings. The molecule has 1 unspecified atom stereocenters. The highest BCUT2D eigenvalue weighted by Gasteiger charge is 2.13. The van der Waals surface area contributed by atoms with E-state index in [1.54, 1.807) is 6.07 Å². The van der Waals surface area contributed by atoms with E-state index in [1.165, 1.54) is 0 Å². The van der Waals surface area contributed by atoms with Gasteiger partial charge < -0.3 is 14.8 Å². The van der Waals surface area contributed by atoms with Gasteiger partial charge in [0.1, 0.15) is 11.5 Å². The smallest absolute Gasteiger partial charge is 0.257 e. The predicted octanol–water partition coefficient (Wildman–Crippen LogP) is 6.40. The number of benzene rings is 2. The van der Waals surface area contributed by atoms with Crippen molar-refractivity contribution in [3.8, 4) is 11.5 Å². The average molecular weight is 530 g/mol. The Labute approximate surface area is 197 Å². The molecule has 0 aliphatic heterocycles. The Morgan fingerprint density at radius 1 is 1.03 bits per heavy atom. The lowest BCUT2D eigenvalue weighted by Gasteiger charge is -2.16. The normalized spacial score (nSPS) is 11.9. The van der Waals surface area contributed by atoms with Crippen LogP contribution in [-0.2, 0) is 11.2 Å². The molecular formula is C25H27IN2O3. The van der Waals surface area contributed by atoms with Crippen LogP contribution in [0.15, 0.2) is 60.7 Å². The first-order valence-corrected chi connectivity index (χ1v) is 11.3. The van der Waals surface area contributed by atoms with Gasteiger partial charge in [-0.25, -0.2) is 0 Å². The van der Waals surface area contributed by atoms with Gasteiger partial charge in [0.05, 0.1) is 23.5 Å². The third-order valence-corrected chi connectivity index (χ3v) is 5.25. The molecule has 2 aromatic carbocycles. The number of hydrogen-bond donors (Lipinski definition) is 1. The van der Waals surface area contributed by atoms with Gasteiger partial charge in [0.25, 0.3) is 5.91 Å². The first-order valence-electron chi connectivity index (χ1n) is 10.3. The number of nitrogens with zero attached hydrogens (tertiary/aromatic N) is 1. The van der Waals surface area contributed by atoms with E-state index in [2.05, 4.69) is 32.9 Å². The van der Waals surface area contributed by atoms with Crippen molar-refractivity contribution in [2.24, 2.45) is 0 Å². The Kier molecular flexibility index (Phi) is 8.03. The van der Waals surface area contributed by atoms with Crippen LogP contribution in [0.25, 0.3) is 0 Å². The summed E-state index contributed by atoms with van der Waals surface area (Å²) in [5.41, 5.74) is 2.81. The number of carbonyl (C=O) groups is 1. The number of pyridine rings is 1. The van der Waals surface area contributed by atoms with E-state index in [1.807, 2.05) is 82.3 Å². The molecule has 0 aliphatic rings. The number of halogens is 1. The second kappa shape index (κ2) is 10.7. The summed E-state index contributed by atoms with van der Waals surface area (Å²) in [5, 5.41) is 2.94. The summed E-state index contributed by atoms with van der Waals surface area (Å²) < 4.78 is 12.8. The Morgan fingerprint density at radius 2 is 1.77 bits per heavy atom. The summed E-state index contributed by atoms with van der Waals surface area (Å²) in [5.74, 6) is 1.20. The second-order valence-electron chi connectivity index (χ2n) is 7.67. The van der Waals surface area contributed by atoms with Gasteiger partial charge in [-0.05, 0) is 98.8 Å². The summed E-state index contributed by atoms with van der Waals surface area (Å²) in [6, 6.07) is 18.8. The molecule has 0 radical (unpaired) electrons. The van der Waals surface area contributed by atoms with Crippen LogP contribution in [0.3, 0.4) is 0 Å². The lowest BCUT2D eigenvalue weighted by Crippen LogP contribution is -2.18. The Bertz CT molecular complexity index is 1040. The van der Waals surface area contributed by atoms with E-state index in [0.717, 1.165) is 15.0 Å². The number of carbonyl (C=O) groups excluding carboxylic acids is 1. The molecule has 0 spiro atoms. The SMILES string of the molecule is Cc1nc(CC(C)OC(C)C)ccc1C(=O)Nc1cccc(Oc2ccc(I)cc2)c1. The summed E-state index contributed by atoms with van der Waals surface area (Å²) in [6.45, 7) is 7.91. The molecule has 0 saturated carbocycles. The van der Waals surface area contributed by atoms with E-state index in [9.17, 15) is 4.79 Å². The zero-order valence-electron chi connectivity index (χ0n) is 18.2. The predicted molar refractivity (Wildman–Crippen MR) is 132 cm³/mol. The molecule has 0 saturated heterocycles. The Morgan fingerprint density at radius 3 is 2.45 bits per heavy atom. The Hall–Kier alpha value is -2.45. The minimum atomic E-state index is -0.200. The molecule has 0 bridgehead atoms. The van der Waals surface area contributed by atoms with E-state index in [4.69, 9.17) is 9.47 Å². The molecule has 3 rings (SSSR count). The quantitative estimate of drug-likeness (QED) is 0.343. The maximum atomic E-state index is 12.8. The van der Waals surface area contributed by atoms with Crippen LogP contribution in [0.4, 0.5) is 5.69 Å². The number of nitrogens with one attached hydrogen (secondary N) is 1. The first kappa shape index (κ1) is 23.2. The van der Waals surface area contributed by atoms with Crippen LogP contribution >= 0.6 is 22.6 Å². The summed E-state index contributed by atoms with van der Waals surface area (Å²) in [7, 11) is 0. The number of ether oxygens (including phenoxy) is 2. The van der Waals surface area contributed by atoms with Gasteiger partial charge in [-0.15, -0.1) is 0 Å². The van der Waals surface area contributed by atoms with Gasteiger partial charge in [-0.2, -0.15) is 0 Å². The van der Waals surface area contributed by atoms with Crippen LogP contribution in [-0.4, -0.2) is 23.1 Å². The largest absolute Gasteiger partial charge is 0.457 e. The van der Waals surface area contributed by atoms with Crippen LogP contribution in [0.2, 0.25) is 0 Å². The molecule has 5 nitrogen and oxygen atoms in total. The van der Waals surface area contributed by atoms with Crippen molar-refractivity contribution in [3.63, 3.8) is 0 Å². The molecule has 1 atom stereocenters. The highest BCUT2D eigenvalue weighted by molar-refractivity contribution is 14.1. The summed E-state index contributed by atoms with van der Waals surface area (Å²) in [6.07, 6.45) is 0.952. The molecule has 1 heterocycles. The summed E-state index contributed by atoms with van der Waals surface area (Å²) in [4.78, 5) is 17.4. The van der Waals surface area contributed by atoms with E-state index < -0.39 is 0 Å². The fourth-order valence-corrected chi connectivity index (χ4v) is 3.61. The molecule has 31 heavy (non-hydrogen) atoms. The van der Waals surface area contributed by atoms with Gasteiger partial charge in [-0.3, -0.25) is 9.78 Å². The fraction of sp³-hybridized carbons (Fsp3) is 0.280. The molecule has 0 aliphatic carbocycles. The fourth-order valence-electron chi connectivity index (χ4n) is 3.25. The average Bonchev–Trinajstić information content (AvgIpc) is 2.69. The van der Waals surface area contributed by atoms with Crippen molar-refractivity contribution in [1.29, 1.82) is 0 Å². The number of aromatic nitrogens is 1. The molecule has 162 valence electrons. The van der Waals surface area contributed by atoms with Crippen molar-refractivity contribution >= 4 is 34.2 Å². The zero-order valence-corrected chi connectivity index (χ0v) is 20.3. The van der Waals surface area contributed by atoms with Gasteiger partial charge in [-0.1, -0.05) is 6.07 Å². The van der Waals surface area contributed by atoms with E-state index in [0.29, 0.717) is 29.1 Å². The molecule has 1 amide bonds. The first-order chi connectivity index (χ1) is 14.8.